The van der Waals surface area contributed by atoms with E-state index in [0.717, 1.165) is 9.80 Å². The summed E-state index contributed by atoms with van der Waals surface area (Å²) in [6, 6.07) is -6.58. The molecule has 6 aliphatic rings. The Morgan fingerprint density at radius 1 is 0.656 bits per heavy atom. The third-order valence-electron chi connectivity index (χ3n) is 17.7. The summed E-state index contributed by atoms with van der Waals surface area (Å²) >= 11 is 0. The molecule has 90 heavy (non-hydrogen) atoms. The SMILES string of the molecule is CCC(C)C1NC(=O)C(NC(=O)c2cccc3oc4c(C)c(=O)c(N)c(C(=O)NC5C(=O)NC(C(C)C)C(=O)N6CCCC6C(=O)N(C)CC(=O)N(C)C(C(C)C)C(=O)OC5C)c-4nc23)C(C)OC(=O)C(C(C)C)N(C)C(=O)CN(C)C(=O)C2CCCN2C1=O. The number of para-hydroxylation sites is 1. The van der Waals surface area contributed by atoms with Crippen LogP contribution in [0.25, 0.3) is 22.6 Å². The van der Waals surface area contributed by atoms with E-state index in [2.05, 4.69) is 21.3 Å². The Morgan fingerprint density at radius 3 is 1.57 bits per heavy atom. The van der Waals surface area contributed by atoms with E-state index in [0.29, 0.717) is 19.3 Å². The molecule has 0 aromatic heterocycles. The van der Waals surface area contributed by atoms with Crippen molar-refractivity contribution in [1.29, 1.82) is 0 Å². The van der Waals surface area contributed by atoms with Crippen LogP contribution >= 0.6 is 0 Å². The Morgan fingerprint density at radius 2 is 1.11 bits per heavy atom. The van der Waals surface area contributed by atoms with Crippen molar-refractivity contribution in [3.63, 3.8) is 0 Å². The van der Waals surface area contributed by atoms with E-state index in [-0.39, 0.29) is 53.9 Å². The normalized spacial score (nSPS) is 26.5. The fraction of sp³-hybridized carbons (Fsp3) is 0.613. The molecule has 0 saturated carbocycles. The smallest absolute Gasteiger partial charge is 0.329 e. The average molecular weight is 1260 g/mol. The van der Waals surface area contributed by atoms with Gasteiger partial charge < -0.3 is 70.3 Å². The molecule has 28 nitrogen and oxygen atoms in total. The number of carbonyl (C=O) groups excluding carboxylic acids is 12. The first-order valence-corrected chi connectivity index (χ1v) is 30.6. The number of cyclic esters (lactones) is 2. The van der Waals surface area contributed by atoms with Gasteiger partial charge in [0.1, 0.15) is 71.8 Å². The maximum absolute atomic E-state index is 15.1. The van der Waals surface area contributed by atoms with Gasteiger partial charge in [-0.3, -0.25) is 52.7 Å². The Bertz CT molecular complexity index is 3380. The first-order chi connectivity index (χ1) is 42.2. The third kappa shape index (κ3) is 13.9. The van der Waals surface area contributed by atoms with Crippen molar-refractivity contribution in [3.05, 3.63) is 45.1 Å². The lowest BCUT2D eigenvalue weighted by atomic mass is 9.96. The molecule has 490 valence electrons. The number of hydrogen-bond donors (Lipinski definition) is 5. The molecule has 7 rings (SSSR count). The Balaban J connectivity index is 1.31. The number of rotatable bonds is 9. The van der Waals surface area contributed by atoms with E-state index < -0.39 is 191 Å². The van der Waals surface area contributed by atoms with Gasteiger partial charge in [-0.1, -0.05) is 67.9 Å². The highest BCUT2D eigenvalue weighted by atomic mass is 16.6. The molecule has 4 fully saturated rings. The summed E-state index contributed by atoms with van der Waals surface area (Å²) < 4.78 is 18.2. The second-order valence-corrected chi connectivity index (χ2v) is 25.2. The van der Waals surface area contributed by atoms with E-state index in [4.69, 9.17) is 24.6 Å². The van der Waals surface area contributed by atoms with Crippen LogP contribution < -0.4 is 32.4 Å². The summed E-state index contributed by atoms with van der Waals surface area (Å²) in [5.74, 6) is -12.3. The number of nitrogen functional groups attached to an aromatic ring is 1. The Kier molecular flexibility index (Phi) is 21.4. The van der Waals surface area contributed by atoms with Crippen LogP contribution in [0.5, 0.6) is 0 Å². The number of esters is 2. The molecule has 4 saturated heterocycles. The minimum Gasteiger partial charge on any atom is -0.458 e. The molecular weight excluding hydrogens is 1170 g/mol. The summed E-state index contributed by atoms with van der Waals surface area (Å²) in [6.07, 6.45) is -1.26. The van der Waals surface area contributed by atoms with Gasteiger partial charge in [-0.2, -0.15) is 0 Å². The number of carbonyl (C=O) groups is 12. The van der Waals surface area contributed by atoms with E-state index >= 15 is 9.59 Å². The van der Waals surface area contributed by atoms with Gasteiger partial charge in [-0.05, 0) is 82.3 Å². The second kappa shape index (κ2) is 28.0. The van der Waals surface area contributed by atoms with Gasteiger partial charge in [0.2, 0.25) is 52.7 Å². The van der Waals surface area contributed by atoms with Crippen molar-refractivity contribution in [2.75, 3.05) is 60.1 Å². The van der Waals surface area contributed by atoms with Crippen LogP contribution in [0.4, 0.5) is 5.69 Å². The van der Waals surface area contributed by atoms with E-state index in [1.54, 1.807) is 55.4 Å². The maximum atomic E-state index is 15.1. The van der Waals surface area contributed by atoms with Crippen molar-refractivity contribution in [3.8, 4) is 11.5 Å². The number of anilines is 1. The fourth-order valence-corrected chi connectivity index (χ4v) is 12.3. The molecular formula is C62H86N12O16. The highest BCUT2D eigenvalue weighted by Crippen LogP contribution is 2.34. The number of nitrogens with zero attached hydrogens (tertiary/aromatic N) is 7. The van der Waals surface area contributed by atoms with E-state index in [9.17, 15) is 52.7 Å². The maximum Gasteiger partial charge on any atom is 0.329 e. The first-order valence-electron chi connectivity index (χ1n) is 30.6. The van der Waals surface area contributed by atoms with Crippen LogP contribution in [-0.4, -0.2) is 220 Å². The molecule has 0 bridgehead atoms. The Labute approximate surface area is 522 Å². The Hall–Kier alpha value is -8.72. The van der Waals surface area contributed by atoms with Crippen molar-refractivity contribution in [2.24, 2.45) is 23.7 Å². The quantitative estimate of drug-likeness (QED) is 0.112. The fourth-order valence-electron chi connectivity index (χ4n) is 12.3. The zero-order valence-electron chi connectivity index (χ0n) is 53.9. The third-order valence-corrected chi connectivity index (χ3v) is 17.7. The average Bonchev–Trinajstić information content (AvgIpc) is 0.922. The van der Waals surface area contributed by atoms with Gasteiger partial charge in [0.05, 0.1) is 29.9 Å². The van der Waals surface area contributed by atoms with Crippen LogP contribution in [0.3, 0.4) is 0 Å². The lowest BCUT2D eigenvalue weighted by Gasteiger charge is -2.36. The van der Waals surface area contributed by atoms with Gasteiger partial charge in [0, 0.05) is 46.8 Å². The molecule has 1 aromatic carbocycles. The van der Waals surface area contributed by atoms with Gasteiger partial charge in [-0.25, -0.2) is 14.6 Å². The van der Waals surface area contributed by atoms with Crippen LogP contribution in [0.2, 0.25) is 0 Å². The molecule has 6 N–H and O–H groups in total. The number of amides is 10. The molecule has 28 heteroatoms. The molecule has 10 amide bonds. The molecule has 1 aliphatic carbocycles. The largest absolute Gasteiger partial charge is 0.458 e. The molecule has 1 aromatic rings. The lowest BCUT2D eigenvalue weighted by Crippen LogP contribution is -2.61. The molecule has 11 atom stereocenters. The zero-order chi connectivity index (χ0) is 66.8. The summed E-state index contributed by atoms with van der Waals surface area (Å²) in [7, 11) is 5.59. The topological polar surface area (TPSA) is 360 Å². The molecule has 5 aliphatic heterocycles. The lowest BCUT2D eigenvalue weighted by molar-refractivity contribution is -0.163. The van der Waals surface area contributed by atoms with E-state index in [1.165, 1.54) is 86.8 Å². The summed E-state index contributed by atoms with van der Waals surface area (Å²) in [5, 5.41) is 10.7. The van der Waals surface area contributed by atoms with Crippen LogP contribution in [0, 0.1) is 30.6 Å². The number of fused-ring (bicyclic) bond motifs is 4. The van der Waals surface area contributed by atoms with Crippen LogP contribution in [-0.2, 0) is 57.4 Å². The van der Waals surface area contributed by atoms with Crippen molar-refractivity contribution >= 4 is 87.8 Å². The van der Waals surface area contributed by atoms with Crippen molar-refractivity contribution < 1.29 is 71.4 Å². The predicted molar refractivity (Wildman–Crippen MR) is 325 cm³/mol. The summed E-state index contributed by atoms with van der Waals surface area (Å²) in [4.78, 5) is 199. The zero-order valence-corrected chi connectivity index (χ0v) is 53.9. The number of nitrogens with two attached hydrogens (primary N) is 1. The number of hydrogen-bond acceptors (Lipinski definition) is 18. The minimum atomic E-state index is -1.88. The number of aromatic nitrogens is 1. The minimum absolute atomic E-state index is 0.121. The highest BCUT2D eigenvalue weighted by molar-refractivity contribution is 6.10. The van der Waals surface area contributed by atoms with Crippen LogP contribution in [0.15, 0.2) is 27.4 Å². The molecule has 11 unspecified atom stereocenters. The van der Waals surface area contributed by atoms with Crippen molar-refractivity contribution in [2.45, 2.75) is 169 Å². The summed E-state index contributed by atoms with van der Waals surface area (Å²) in [5.41, 5.74) is 3.11. The number of ether oxygens (including phenoxy) is 2. The molecule has 5 heterocycles. The van der Waals surface area contributed by atoms with Gasteiger partial charge in [0.25, 0.3) is 11.8 Å². The van der Waals surface area contributed by atoms with Gasteiger partial charge in [-0.15, -0.1) is 0 Å². The highest BCUT2D eigenvalue weighted by Gasteiger charge is 2.47. The number of nitrogens with one attached hydrogen (secondary N) is 4. The predicted octanol–water partition coefficient (Wildman–Crippen LogP) is 0.807. The van der Waals surface area contributed by atoms with Gasteiger partial charge in [0.15, 0.2) is 11.3 Å². The van der Waals surface area contributed by atoms with Gasteiger partial charge >= 0.3 is 11.9 Å². The first kappa shape index (κ1) is 68.8. The standard InChI is InChI=1S/C62H86N12O16/c1-16-31(8)44-60(85)74-25-19-22-37(74)58(83)70(13)27-40(76)71(14)49(29(4)5)61(86)88-33(10)45(56(81)66-44)67-53(78)35-20-17-23-38-47(35)64-48-41(42(63)51(77)32(9)52(48)90-38)54(79)68-46-34(11)89-62(87)50(30(6)7)72(15)39(75)26-69(12)57(82)36-21-18-24-73(36)59(84)43(28(2)3)65-55(46)80/h17,20,23,28-31,33-34,36-37,43-46,49-50H,16,18-19,21-22,24-27,63H2,1-15H3,(H,65,80)(H,66,81)(H,67,78)(H,68,79). The van der Waals surface area contributed by atoms with Crippen molar-refractivity contribution in [1.82, 2.24) is 55.7 Å². The molecule has 0 radical (unpaired) electrons. The summed E-state index contributed by atoms with van der Waals surface area (Å²) in [6.45, 7) is 16.9. The van der Waals surface area contributed by atoms with E-state index in [1.807, 2.05) is 0 Å². The monoisotopic (exact) mass is 1250 g/mol. The number of likely N-dealkylation sites (N-methyl/N-ethyl adjacent to an activating group) is 4. The van der Waals surface area contributed by atoms with Crippen LogP contribution in [0.1, 0.15) is 128 Å². The number of benzene rings is 2. The second-order valence-electron chi connectivity index (χ2n) is 25.2. The molecule has 0 spiro atoms.